The second-order valence-corrected chi connectivity index (χ2v) is 9.29. The van der Waals surface area contributed by atoms with Crippen molar-refractivity contribution in [3.63, 3.8) is 0 Å². The third kappa shape index (κ3) is 4.17. The lowest BCUT2D eigenvalue weighted by Gasteiger charge is -2.46. The van der Waals surface area contributed by atoms with Crippen LogP contribution in [0.3, 0.4) is 0 Å². The van der Waals surface area contributed by atoms with Crippen LogP contribution in [0.2, 0.25) is 0 Å². The molecule has 0 bridgehead atoms. The minimum Gasteiger partial charge on any atom is -0.355 e. The molecule has 8 nitrogen and oxygen atoms in total. The normalized spacial score (nSPS) is 17.0. The van der Waals surface area contributed by atoms with Crippen LogP contribution in [0.4, 0.5) is 0 Å². The summed E-state index contributed by atoms with van der Waals surface area (Å²) in [4.78, 5) is 40.5. The van der Waals surface area contributed by atoms with E-state index in [0.29, 0.717) is 25.9 Å². The van der Waals surface area contributed by atoms with Crippen molar-refractivity contribution >= 4 is 23.5 Å². The first-order chi connectivity index (χ1) is 15.2. The Labute approximate surface area is 187 Å². The highest BCUT2D eigenvalue weighted by molar-refractivity contribution is 5.95. The van der Waals surface area contributed by atoms with Crippen LogP contribution >= 0.6 is 0 Å². The number of carbonyl (C=O) groups is 2. The summed E-state index contributed by atoms with van der Waals surface area (Å²) in [5, 5.41) is 6.80. The van der Waals surface area contributed by atoms with Gasteiger partial charge in [0.15, 0.2) is 0 Å². The molecule has 0 unspecified atom stereocenters. The minimum atomic E-state index is -0.460. The van der Waals surface area contributed by atoms with Crippen molar-refractivity contribution in [2.45, 2.75) is 33.2 Å². The average molecular weight is 436 g/mol. The number of amides is 2. The van der Waals surface area contributed by atoms with E-state index in [1.165, 1.54) is 11.6 Å². The molecule has 32 heavy (non-hydrogen) atoms. The molecule has 8 heteroatoms. The molecule has 0 aromatic carbocycles. The summed E-state index contributed by atoms with van der Waals surface area (Å²) in [6.07, 6.45) is 11.1. The van der Waals surface area contributed by atoms with Crippen LogP contribution in [0.25, 0.3) is 11.6 Å². The van der Waals surface area contributed by atoms with E-state index in [0.717, 1.165) is 22.4 Å². The van der Waals surface area contributed by atoms with E-state index >= 15 is 0 Å². The molecule has 1 saturated heterocycles. The summed E-state index contributed by atoms with van der Waals surface area (Å²) >= 11 is 0. The van der Waals surface area contributed by atoms with Crippen LogP contribution in [0.5, 0.6) is 0 Å². The first-order valence-electron chi connectivity index (χ1n) is 10.8. The van der Waals surface area contributed by atoms with Crippen LogP contribution in [0, 0.1) is 5.41 Å². The fraction of sp³-hybridized carbons (Fsp3) is 0.417. The zero-order valence-corrected chi connectivity index (χ0v) is 19.0. The number of aryl methyl sites for hydroxylation is 1. The van der Waals surface area contributed by atoms with Crippen LogP contribution in [-0.4, -0.2) is 51.2 Å². The molecule has 0 saturated carbocycles. The molecular weight excluding hydrogens is 406 g/mol. The van der Waals surface area contributed by atoms with Gasteiger partial charge in [-0.1, -0.05) is 26.0 Å². The third-order valence-corrected chi connectivity index (χ3v) is 5.98. The van der Waals surface area contributed by atoms with Crippen LogP contribution in [-0.2, 0) is 24.8 Å². The van der Waals surface area contributed by atoms with E-state index in [1.807, 2.05) is 25.4 Å². The standard InChI is InChI=1S/C24H29N5O3/c1-24(2)14-28(15-24)21(30)13-29-20-8-6-5-7-16(18-11-26-27(4)12-18)9-17(20)10-19(23(29)32)22(31)25-3/h5,7,9-12H,6,8,13-15H2,1-4H3,(H,25,31). The zero-order valence-electron chi connectivity index (χ0n) is 19.0. The number of likely N-dealkylation sites (tertiary alicyclic amines) is 1. The van der Waals surface area contributed by atoms with Gasteiger partial charge in [-0.15, -0.1) is 0 Å². The number of rotatable bonds is 4. The molecule has 3 heterocycles. The summed E-state index contributed by atoms with van der Waals surface area (Å²) in [5.74, 6) is -0.560. The molecule has 4 rings (SSSR count). The van der Waals surface area contributed by atoms with Gasteiger partial charge in [-0.25, -0.2) is 0 Å². The van der Waals surface area contributed by atoms with E-state index in [9.17, 15) is 14.4 Å². The maximum atomic E-state index is 13.3. The predicted molar refractivity (Wildman–Crippen MR) is 123 cm³/mol. The van der Waals surface area contributed by atoms with Gasteiger partial charge in [0, 0.05) is 44.6 Å². The molecule has 0 spiro atoms. The maximum Gasteiger partial charge on any atom is 0.264 e. The Bertz CT molecular complexity index is 1190. The predicted octanol–water partition coefficient (Wildman–Crippen LogP) is 1.85. The van der Waals surface area contributed by atoms with Gasteiger partial charge in [-0.05, 0) is 41.5 Å². The highest BCUT2D eigenvalue weighted by Crippen LogP contribution is 2.29. The first kappa shape index (κ1) is 21.8. The number of aromatic nitrogens is 3. The monoisotopic (exact) mass is 435 g/mol. The molecule has 0 atom stereocenters. The number of hydrogen-bond acceptors (Lipinski definition) is 4. The quantitative estimate of drug-likeness (QED) is 0.794. The molecule has 1 aliphatic carbocycles. The van der Waals surface area contributed by atoms with Crippen molar-refractivity contribution in [1.29, 1.82) is 0 Å². The van der Waals surface area contributed by atoms with E-state index in [1.54, 1.807) is 21.8 Å². The van der Waals surface area contributed by atoms with Crippen molar-refractivity contribution in [2.75, 3.05) is 20.1 Å². The van der Waals surface area contributed by atoms with Gasteiger partial charge in [-0.3, -0.25) is 19.1 Å². The van der Waals surface area contributed by atoms with Crippen molar-refractivity contribution in [3.8, 4) is 0 Å². The molecule has 1 aliphatic heterocycles. The number of hydrogen-bond donors (Lipinski definition) is 1. The van der Waals surface area contributed by atoms with Gasteiger partial charge in [0.1, 0.15) is 12.1 Å². The van der Waals surface area contributed by atoms with Crippen LogP contribution < -0.4 is 10.9 Å². The molecule has 1 fully saturated rings. The minimum absolute atomic E-state index is 0.0364. The molecule has 2 amide bonds. The third-order valence-electron chi connectivity index (χ3n) is 5.98. The molecule has 2 aromatic rings. The van der Waals surface area contributed by atoms with Gasteiger partial charge in [0.25, 0.3) is 11.5 Å². The highest BCUT2D eigenvalue weighted by atomic mass is 16.2. The largest absolute Gasteiger partial charge is 0.355 e. The van der Waals surface area contributed by atoms with Crippen molar-refractivity contribution in [1.82, 2.24) is 24.6 Å². The second-order valence-electron chi connectivity index (χ2n) is 9.29. The SMILES string of the molecule is CNC(=O)c1cc2c(n(CC(=O)N3CC(C)(C)C3)c1=O)CCC=CC(c1cnn(C)c1)=C2. The highest BCUT2D eigenvalue weighted by Gasteiger charge is 2.37. The lowest BCUT2D eigenvalue weighted by molar-refractivity contribution is -0.142. The Balaban J connectivity index is 1.81. The summed E-state index contributed by atoms with van der Waals surface area (Å²) in [5.41, 5.74) is 3.11. The Morgan fingerprint density at radius 3 is 2.62 bits per heavy atom. The number of nitrogens with zero attached hydrogens (tertiary/aromatic N) is 4. The zero-order chi connectivity index (χ0) is 23.0. The lowest BCUT2D eigenvalue weighted by atomic mass is 9.84. The van der Waals surface area contributed by atoms with Gasteiger partial charge < -0.3 is 14.8 Å². The number of allylic oxidation sites excluding steroid dienone is 3. The molecule has 0 radical (unpaired) electrons. The van der Waals surface area contributed by atoms with E-state index < -0.39 is 11.5 Å². The molecule has 168 valence electrons. The Kier molecular flexibility index (Phi) is 5.62. The van der Waals surface area contributed by atoms with Crippen LogP contribution in [0.15, 0.2) is 35.4 Å². The van der Waals surface area contributed by atoms with Crippen molar-refractivity contribution in [2.24, 2.45) is 12.5 Å². The van der Waals surface area contributed by atoms with Gasteiger partial charge in [0.05, 0.1) is 6.20 Å². The van der Waals surface area contributed by atoms with Crippen molar-refractivity contribution in [3.05, 3.63) is 63.4 Å². The Morgan fingerprint density at radius 2 is 2.00 bits per heavy atom. The lowest BCUT2D eigenvalue weighted by Crippen LogP contribution is -2.56. The molecule has 1 N–H and O–H groups in total. The summed E-state index contributed by atoms with van der Waals surface area (Å²) in [7, 11) is 3.35. The molecular formula is C24H29N5O3. The van der Waals surface area contributed by atoms with Crippen LogP contribution in [0.1, 0.15) is 47.4 Å². The number of nitrogens with one attached hydrogen (secondary N) is 1. The Morgan fingerprint density at radius 1 is 1.25 bits per heavy atom. The summed E-state index contributed by atoms with van der Waals surface area (Å²) < 4.78 is 3.22. The maximum absolute atomic E-state index is 13.3. The van der Waals surface area contributed by atoms with E-state index in [2.05, 4.69) is 30.3 Å². The fourth-order valence-corrected chi connectivity index (χ4v) is 4.39. The Hall–Kier alpha value is -3.42. The summed E-state index contributed by atoms with van der Waals surface area (Å²) in [6, 6.07) is 1.64. The number of carbonyl (C=O) groups excluding carboxylic acids is 2. The van der Waals surface area contributed by atoms with Gasteiger partial charge >= 0.3 is 0 Å². The number of fused-ring (bicyclic) bond motifs is 1. The van der Waals surface area contributed by atoms with Gasteiger partial charge in [-0.2, -0.15) is 5.10 Å². The number of pyridine rings is 1. The summed E-state index contributed by atoms with van der Waals surface area (Å²) in [6.45, 7) is 5.50. The average Bonchev–Trinajstić information content (AvgIpc) is 3.14. The smallest absolute Gasteiger partial charge is 0.264 e. The fourth-order valence-electron chi connectivity index (χ4n) is 4.39. The second kappa shape index (κ2) is 8.26. The molecule has 2 aromatic heterocycles. The van der Waals surface area contributed by atoms with E-state index in [4.69, 9.17) is 0 Å². The van der Waals surface area contributed by atoms with Crippen molar-refractivity contribution < 1.29 is 9.59 Å². The topological polar surface area (TPSA) is 89.2 Å². The van der Waals surface area contributed by atoms with Gasteiger partial charge in [0.2, 0.25) is 5.91 Å². The molecule has 2 aliphatic rings. The van der Waals surface area contributed by atoms with E-state index in [-0.39, 0.29) is 23.4 Å². The first-order valence-corrected chi connectivity index (χ1v) is 10.8.